The van der Waals surface area contributed by atoms with Crippen molar-refractivity contribution in [2.24, 2.45) is 5.10 Å². The van der Waals surface area contributed by atoms with Gasteiger partial charge in [-0.25, -0.2) is 5.43 Å². The van der Waals surface area contributed by atoms with Gasteiger partial charge in [-0.2, -0.15) is 5.10 Å². The number of hydrogen-bond donors (Lipinski definition) is 1. The average molecular weight is 372 g/mol. The van der Waals surface area contributed by atoms with Crippen molar-refractivity contribution in [3.8, 4) is 0 Å². The van der Waals surface area contributed by atoms with Crippen LogP contribution in [0.3, 0.4) is 0 Å². The van der Waals surface area contributed by atoms with Gasteiger partial charge in [-0.1, -0.05) is 43.6 Å². The molecular formula is C21H26ClN3O. The Kier molecular flexibility index (Phi) is 7.67. The quantitative estimate of drug-likeness (QED) is 0.522. The van der Waals surface area contributed by atoms with Crippen molar-refractivity contribution in [1.29, 1.82) is 0 Å². The molecule has 0 spiro atoms. The van der Waals surface area contributed by atoms with Crippen molar-refractivity contribution in [2.75, 3.05) is 18.0 Å². The molecule has 0 heterocycles. The van der Waals surface area contributed by atoms with Crippen molar-refractivity contribution in [2.45, 2.75) is 33.6 Å². The summed E-state index contributed by atoms with van der Waals surface area (Å²) in [5, 5.41) is 4.46. The van der Waals surface area contributed by atoms with E-state index < -0.39 is 0 Å². The molecule has 1 amide bonds. The highest BCUT2D eigenvalue weighted by atomic mass is 35.5. The number of carbonyl (C=O) groups excluding carboxylic acids is 1. The Morgan fingerprint density at radius 1 is 1.12 bits per heavy atom. The Hall–Kier alpha value is -2.33. The normalized spacial score (nSPS) is 10.9. The molecule has 0 aromatic heterocycles. The highest BCUT2D eigenvalue weighted by molar-refractivity contribution is 6.33. The first-order chi connectivity index (χ1) is 12.5. The van der Waals surface area contributed by atoms with Crippen LogP contribution in [0.15, 0.2) is 47.6 Å². The van der Waals surface area contributed by atoms with Crippen LogP contribution in [0.1, 0.15) is 48.2 Å². The summed E-state index contributed by atoms with van der Waals surface area (Å²) >= 11 is 6.10. The molecule has 5 heteroatoms. The van der Waals surface area contributed by atoms with Gasteiger partial charge in [0.15, 0.2) is 0 Å². The summed E-state index contributed by atoms with van der Waals surface area (Å²) in [4.78, 5) is 14.5. The molecule has 0 unspecified atom stereocenters. The van der Waals surface area contributed by atoms with E-state index in [1.165, 1.54) is 5.69 Å². The van der Waals surface area contributed by atoms with E-state index in [1.54, 1.807) is 18.3 Å². The summed E-state index contributed by atoms with van der Waals surface area (Å²) in [6.07, 6.45) is 3.88. The number of aryl methyl sites for hydroxylation is 1. The van der Waals surface area contributed by atoms with Crippen LogP contribution in [0.5, 0.6) is 0 Å². The predicted octanol–water partition coefficient (Wildman–Crippen LogP) is 5.04. The van der Waals surface area contributed by atoms with Crippen molar-refractivity contribution in [3.63, 3.8) is 0 Å². The molecule has 4 nitrogen and oxygen atoms in total. The number of rotatable bonds is 8. The zero-order valence-corrected chi connectivity index (χ0v) is 16.4. The number of benzene rings is 2. The molecule has 2 aromatic rings. The molecule has 138 valence electrons. The molecule has 2 rings (SSSR count). The minimum absolute atomic E-state index is 0.320. The van der Waals surface area contributed by atoms with E-state index in [9.17, 15) is 4.79 Å². The third kappa shape index (κ3) is 5.60. The number of hydrogen-bond acceptors (Lipinski definition) is 3. The highest BCUT2D eigenvalue weighted by Gasteiger charge is 2.09. The Bertz CT molecular complexity index is 750. The average Bonchev–Trinajstić information content (AvgIpc) is 2.62. The lowest BCUT2D eigenvalue weighted by atomic mass is 10.1. The molecule has 0 saturated heterocycles. The summed E-state index contributed by atoms with van der Waals surface area (Å²) in [7, 11) is 0. The smallest absolute Gasteiger partial charge is 0.272 e. The third-order valence-corrected chi connectivity index (χ3v) is 4.31. The lowest BCUT2D eigenvalue weighted by Crippen LogP contribution is -2.24. The molecule has 0 fully saturated rings. The molecule has 0 saturated carbocycles. The standard InChI is InChI=1S/C21H26ClN3O/c1-4-12-25(13-5-2)18-9-7-17(8-10-18)15-23-24-21(26)19-11-6-16(3)14-20(19)22/h6-11,14-15H,4-5,12-13H2,1-3H3,(H,24,26). The van der Waals surface area contributed by atoms with Crippen molar-refractivity contribution in [3.05, 3.63) is 64.2 Å². The molecule has 0 atom stereocenters. The summed E-state index contributed by atoms with van der Waals surface area (Å²) < 4.78 is 0. The molecule has 0 aliphatic rings. The minimum Gasteiger partial charge on any atom is -0.372 e. The van der Waals surface area contributed by atoms with E-state index in [1.807, 2.05) is 25.1 Å². The molecule has 26 heavy (non-hydrogen) atoms. The fourth-order valence-electron chi connectivity index (χ4n) is 2.71. The summed E-state index contributed by atoms with van der Waals surface area (Å²) in [5.41, 5.74) is 6.08. The van der Waals surface area contributed by atoms with Gasteiger partial charge in [0.05, 0.1) is 16.8 Å². The van der Waals surface area contributed by atoms with Gasteiger partial charge in [0, 0.05) is 18.8 Å². The van der Waals surface area contributed by atoms with Crippen LogP contribution in [0, 0.1) is 6.92 Å². The number of amides is 1. The van der Waals surface area contributed by atoms with Gasteiger partial charge in [-0.15, -0.1) is 0 Å². The van der Waals surface area contributed by atoms with Crippen LogP contribution in [-0.4, -0.2) is 25.2 Å². The first-order valence-corrected chi connectivity index (χ1v) is 9.37. The number of nitrogens with zero attached hydrogens (tertiary/aromatic N) is 2. The van der Waals surface area contributed by atoms with Gasteiger partial charge in [0.25, 0.3) is 5.91 Å². The number of halogens is 1. The first-order valence-electron chi connectivity index (χ1n) is 8.99. The molecule has 0 radical (unpaired) electrons. The first kappa shape index (κ1) is 20.0. The Balaban J connectivity index is 1.98. The predicted molar refractivity (Wildman–Crippen MR) is 110 cm³/mol. The van der Waals surface area contributed by atoms with Crippen LogP contribution in [0.4, 0.5) is 5.69 Å². The van der Waals surface area contributed by atoms with Crippen molar-refractivity contribution in [1.82, 2.24) is 5.43 Å². The molecule has 2 aromatic carbocycles. The Morgan fingerprint density at radius 3 is 2.35 bits per heavy atom. The van der Waals surface area contributed by atoms with E-state index in [4.69, 9.17) is 11.6 Å². The van der Waals surface area contributed by atoms with Crippen molar-refractivity contribution >= 4 is 29.4 Å². The van der Waals surface area contributed by atoms with Gasteiger partial charge in [-0.05, 0) is 55.2 Å². The third-order valence-electron chi connectivity index (χ3n) is 3.99. The molecule has 0 bridgehead atoms. The van der Waals surface area contributed by atoms with Crippen LogP contribution in [-0.2, 0) is 0 Å². The number of nitrogens with one attached hydrogen (secondary N) is 1. The maximum Gasteiger partial charge on any atom is 0.272 e. The van der Waals surface area contributed by atoms with E-state index >= 15 is 0 Å². The largest absolute Gasteiger partial charge is 0.372 e. The van der Waals surface area contributed by atoms with E-state index in [2.05, 4.69) is 41.4 Å². The maximum absolute atomic E-state index is 12.1. The SMILES string of the molecule is CCCN(CCC)c1ccc(C=NNC(=O)c2ccc(C)cc2Cl)cc1. The second-order valence-corrected chi connectivity index (χ2v) is 6.67. The monoisotopic (exact) mass is 371 g/mol. The molecule has 0 aliphatic heterocycles. The Labute approximate surface area is 160 Å². The molecular weight excluding hydrogens is 346 g/mol. The zero-order valence-electron chi connectivity index (χ0n) is 15.6. The molecule has 1 N–H and O–H groups in total. The van der Waals surface area contributed by atoms with Crippen LogP contribution < -0.4 is 10.3 Å². The highest BCUT2D eigenvalue weighted by Crippen LogP contribution is 2.18. The second kappa shape index (κ2) is 9.97. The maximum atomic E-state index is 12.1. The minimum atomic E-state index is -0.320. The summed E-state index contributed by atoms with van der Waals surface area (Å²) in [6.45, 7) is 8.40. The zero-order chi connectivity index (χ0) is 18.9. The van der Waals surface area contributed by atoms with Gasteiger partial charge < -0.3 is 4.90 Å². The van der Waals surface area contributed by atoms with Gasteiger partial charge in [-0.3, -0.25) is 4.79 Å². The summed E-state index contributed by atoms with van der Waals surface area (Å²) in [6, 6.07) is 13.5. The fourth-order valence-corrected chi connectivity index (χ4v) is 3.03. The molecule has 0 aliphatic carbocycles. The van der Waals surface area contributed by atoms with E-state index in [-0.39, 0.29) is 5.91 Å². The van der Waals surface area contributed by atoms with Crippen molar-refractivity contribution < 1.29 is 4.79 Å². The number of anilines is 1. The topological polar surface area (TPSA) is 44.7 Å². The van der Waals surface area contributed by atoms with Crippen LogP contribution in [0.25, 0.3) is 0 Å². The fraction of sp³-hybridized carbons (Fsp3) is 0.333. The second-order valence-electron chi connectivity index (χ2n) is 6.26. The summed E-state index contributed by atoms with van der Waals surface area (Å²) in [5.74, 6) is -0.320. The van der Waals surface area contributed by atoms with Gasteiger partial charge in [0.1, 0.15) is 0 Å². The number of carbonyl (C=O) groups is 1. The lowest BCUT2D eigenvalue weighted by Gasteiger charge is -2.23. The lowest BCUT2D eigenvalue weighted by molar-refractivity contribution is 0.0955. The van der Waals surface area contributed by atoms with Gasteiger partial charge >= 0.3 is 0 Å². The van der Waals surface area contributed by atoms with Crippen LogP contribution in [0.2, 0.25) is 5.02 Å². The number of hydrazone groups is 1. The van der Waals surface area contributed by atoms with E-state index in [0.29, 0.717) is 10.6 Å². The van der Waals surface area contributed by atoms with E-state index in [0.717, 1.165) is 37.1 Å². The Morgan fingerprint density at radius 2 is 1.77 bits per heavy atom. The van der Waals surface area contributed by atoms with Gasteiger partial charge in [0.2, 0.25) is 0 Å². The van der Waals surface area contributed by atoms with Crippen LogP contribution >= 0.6 is 11.6 Å².